The van der Waals surface area contributed by atoms with Gasteiger partial charge in [-0.15, -0.1) is 0 Å². The average molecular weight is 317 g/mol. The summed E-state index contributed by atoms with van der Waals surface area (Å²) in [6.45, 7) is 1.38. The molecule has 0 unspecified atom stereocenters. The molecule has 1 aliphatic rings. The second-order valence-electron chi connectivity index (χ2n) is 5.13. The lowest BCUT2D eigenvalue weighted by Crippen LogP contribution is -2.57. The molecular weight excluding hydrogens is 299 g/mol. The van der Waals surface area contributed by atoms with Crippen LogP contribution in [0.1, 0.15) is 18.4 Å². The van der Waals surface area contributed by atoms with Gasteiger partial charge in [0, 0.05) is 42.4 Å². The van der Waals surface area contributed by atoms with Crippen LogP contribution >= 0.6 is 23.2 Å². The van der Waals surface area contributed by atoms with Crippen LogP contribution in [0.25, 0.3) is 0 Å². The molecule has 4 nitrogen and oxygen atoms in total. The molecule has 0 radical (unpaired) electrons. The van der Waals surface area contributed by atoms with Gasteiger partial charge in [-0.3, -0.25) is 4.79 Å². The Labute approximate surface area is 128 Å². The second-order valence-corrected chi connectivity index (χ2v) is 5.94. The summed E-state index contributed by atoms with van der Waals surface area (Å²) in [4.78, 5) is 14.1. The number of rotatable bonds is 3. The molecule has 2 rings (SSSR count). The second kappa shape index (κ2) is 6.31. The summed E-state index contributed by atoms with van der Waals surface area (Å²) in [7, 11) is 1.71. The van der Waals surface area contributed by atoms with Crippen molar-refractivity contribution < 1.29 is 9.53 Å². The number of carbonyl (C=O) groups is 1. The van der Waals surface area contributed by atoms with E-state index >= 15 is 0 Å². The zero-order valence-corrected chi connectivity index (χ0v) is 12.9. The lowest BCUT2D eigenvalue weighted by molar-refractivity contribution is -0.139. The zero-order valence-electron chi connectivity index (χ0n) is 11.4. The minimum atomic E-state index is -0.846. The summed E-state index contributed by atoms with van der Waals surface area (Å²) in [6.07, 6.45) is 1.07. The van der Waals surface area contributed by atoms with Crippen LogP contribution in [0.15, 0.2) is 18.2 Å². The maximum atomic E-state index is 12.5. The van der Waals surface area contributed by atoms with Crippen LogP contribution < -0.4 is 5.73 Å². The molecule has 1 aromatic carbocycles. The van der Waals surface area contributed by atoms with Crippen molar-refractivity contribution in [1.29, 1.82) is 0 Å². The van der Waals surface area contributed by atoms with Crippen LogP contribution in [-0.4, -0.2) is 36.6 Å². The van der Waals surface area contributed by atoms with Gasteiger partial charge in [0.05, 0.1) is 5.54 Å². The summed E-state index contributed by atoms with van der Waals surface area (Å²) in [5, 5.41) is 1.10. The Kier molecular flexibility index (Phi) is 4.91. The van der Waals surface area contributed by atoms with Gasteiger partial charge in [0.25, 0.3) is 0 Å². The van der Waals surface area contributed by atoms with E-state index in [-0.39, 0.29) is 5.91 Å². The molecule has 2 N–H and O–H groups in total. The van der Waals surface area contributed by atoms with Gasteiger partial charge in [-0.25, -0.2) is 0 Å². The molecule has 0 saturated carbocycles. The van der Waals surface area contributed by atoms with Crippen LogP contribution in [0, 0.1) is 0 Å². The van der Waals surface area contributed by atoms with Gasteiger partial charge in [0.1, 0.15) is 0 Å². The summed E-state index contributed by atoms with van der Waals surface area (Å²) >= 11 is 12.3. The van der Waals surface area contributed by atoms with Crippen LogP contribution in [0.4, 0.5) is 0 Å². The summed E-state index contributed by atoms with van der Waals surface area (Å²) in [5.74, 6) is -0.100. The smallest absolute Gasteiger partial charge is 0.242 e. The zero-order chi connectivity index (χ0) is 14.8. The number of hydrogen-bond donors (Lipinski definition) is 1. The van der Waals surface area contributed by atoms with Crippen LogP contribution in [-0.2, 0) is 16.1 Å². The van der Waals surface area contributed by atoms with Crippen molar-refractivity contribution in [2.24, 2.45) is 5.73 Å². The van der Waals surface area contributed by atoms with E-state index in [1.807, 2.05) is 0 Å². The first-order valence-electron chi connectivity index (χ1n) is 6.49. The number of nitrogens with zero attached hydrogens (tertiary/aromatic N) is 1. The van der Waals surface area contributed by atoms with Crippen molar-refractivity contribution in [2.75, 3.05) is 20.3 Å². The molecule has 1 saturated heterocycles. The number of carbonyl (C=O) groups excluding carboxylic acids is 1. The minimum absolute atomic E-state index is 0.100. The number of ether oxygens (including phenoxy) is 1. The van der Waals surface area contributed by atoms with E-state index < -0.39 is 5.54 Å². The third kappa shape index (κ3) is 3.26. The van der Waals surface area contributed by atoms with E-state index in [1.165, 1.54) is 0 Å². The predicted molar refractivity (Wildman–Crippen MR) is 79.9 cm³/mol. The molecule has 1 aromatic rings. The number of likely N-dealkylation sites (N-methyl/N-ethyl adjacent to an activating group) is 1. The SMILES string of the molecule is CN(Cc1c(Cl)cccc1Cl)C(=O)C1(N)CCOCC1. The topological polar surface area (TPSA) is 55.6 Å². The molecular formula is C14H18Cl2N2O2. The molecule has 110 valence electrons. The molecule has 1 heterocycles. The third-order valence-corrected chi connectivity index (χ3v) is 4.32. The van der Waals surface area contributed by atoms with E-state index in [0.717, 1.165) is 5.56 Å². The van der Waals surface area contributed by atoms with Crippen molar-refractivity contribution in [3.05, 3.63) is 33.8 Å². The first kappa shape index (κ1) is 15.6. The lowest BCUT2D eigenvalue weighted by atomic mass is 9.89. The van der Waals surface area contributed by atoms with Crippen molar-refractivity contribution in [3.63, 3.8) is 0 Å². The van der Waals surface area contributed by atoms with Crippen LogP contribution in [0.2, 0.25) is 10.0 Å². The fraction of sp³-hybridized carbons (Fsp3) is 0.500. The van der Waals surface area contributed by atoms with Gasteiger partial charge >= 0.3 is 0 Å². The van der Waals surface area contributed by atoms with Crippen LogP contribution in [0.5, 0.6) is 0 Å². The van der Waals surface area contributed by atoms with Gasteiger partial charge < -0.3 is 15.4 Å². The predicted octanol–water partition coefficient (Wildman–Crippen LogP) is 2.46. The van der Waals surface area contributed by atoms with Crippen molar-refractivity contribution in [2.45, 2.75) is 24.9 Å². The molecule has 1 amide bonds. The maximum Gasteiger partial charge on any atom is 0.242 e. The summed E-state index contributed by atoms with van der Waals surface area (Å²) < 4.78 is 5.26. The quantitative estimate of drug-likeness (QED) is 0.932. The first-order chi connectivity index (χ1) is 9.44. The highest BCUT2D eigenvalue weighted by Gasteiger charge is 2.38. The van der Waals surface area contributed by atoms with Crippen molar-refractivity contribution in [3.8, 4) is 0 Å². The molecule has 20 heavy (non-hydrogen) atoms. The Bertz CT molecular complexity index is 482. The van der Waals surface area contributed by atoms with Gasteiger partial charge in [0.2, 0.25) is 5.91 Å². The van der Waals surface area contributed by atoms with E-state index in [0.29, 0.717) is 42.6 Å². The van der Waals surface area contributed by atoms with Crippen molar-refractivity contribution >= 4 is 29.1 Å². The fourth-order valence-electron chi connectivity index (χ4n) is 2.32. The van der Waals surface area contributed by atoms with Crippen molar-refractivity contribution in [1.82, 2.24) is 4.90 Å². The Hall–Kier alpha value is -0.810. The number of amides is 1. The fourth-order valence-corrected chi connectivity index (χ4v) is 2.84. The van der Waals surface area contributed by atoms with Gasteiger partial charge in [-0.1, -0.05) is 29.3 Å². The third-order valence-electron chi connectivity index (χ3n) is 3.61. The number of nitrogens with two attached hydrogens (primary N) is 1. The van der Waals surface area contributed by atoms with Gasteiger partial charge in [-0.05, 0) is 25.0 Å². The highest BCUT2D eigenvalue weighted by Crippen LogP contribution is 2.27. The highest BCUT2D eigenvalue weighted by molar-refractivity contribution is 6.36. The number of benzene rings is 1. The Morgan fingerprint density at radius 1 is 1.35 bits per heavy atom. The van der Waals surface area contributed by atoms with Crippen LogP contribution in [0.3, 0.4) is 0 Å². The monoisotopic (exact) mass is 316 g/mol. The largest absolute Gasteiger partial charge is 0.381 e. The Morgan fingerprint density at radius 3 is 2.45 bits per heavy atom. The standard InChI is InChI=1S/C14H18Cl2N2O2/c1-18(9-10-11(15)3-2-4-12(10)16)13(19)14(17)5-7-20-8-6-14/h2-4H,5-9,17H2,1H3. The first-order valence-corrected chi connectivity index (χ1v) is 7.25. The van der Waals surface area contributed by atoms with E-state index in [1.54, 1.807) is 30.1 Å². The van der Waals surface area contributed by atoms with Gasteiger partial charge in [-0.2, -0.15) is 0 Å². The van der Waals surface area contributed by atoms with E-state index in [4.69, 9.17) is 33.7 Å². The summed E-state index contributed by atoms with van der Waals surface area (Å²) in [6, 6.07) is 5.29. The Morgan fingerprint density at radius 2 is 1.90 bits per heavy atom. The molecule has 0 bridgehead atoms. The molecule has 1 fully saturated rings. The summed E-state index contributed by atoms with van der Waals surface area (Å²) in [5.41, 5.74) is 6.09. The maximum absolute atomic E-state index is 12.5. The van der Waals surface area contributed by atoms with E-state index in [2.05, 4.69) is 0 Å². The molecule has 6 heteroatoms. The molecule has 1 aliphatic heterocycles. The molecule has 0 spiro atoms. The Balaban J connectivity index is 2.11. The lowest BCUT2D eigenvalue weighted by Gasteiger charge is -2.35. The highest BCUT2D eigenvalue weighted by atomic mass is 35.5. The van der Waals surface area contributed by atoms with Gasteiger partial charge in [0.15, 0.2) is 0 Å². The normalized spacial score (nSPS) is 17.8. The minimum Gasteiger partial charge on any atom is -0.381 e. The molecule has 0 aromatic heterocycles. The number of halogens is 2. The molecule has 0 aliphatic carbocycles. The van der Waals surface area contributed by atoms with E-state index in [9.17, 15) is 4.79 Å². The molecule has 0 atom stereocenters. The average Bonchev–Trinajstić information content (AvgIpc) is 2.43. The number of hydrogen-bond acceptors (Lipinski definition) is 3.